The Balaban J connectivity index is 1.95. The maximum atomic E-state index is 10.3. The first-order valence-electron chi connectivity index (χ1n) is 7.04. The third-order valence-electron chi connectivity index (χ3n) is 3.75. The third-order valence-corrected chi connectivity index (χ3v) is 3.75. The van der Waals surface area contributed by atoms with Crippen LogP contribution in [-0.4, -0.2) is 29.9 Å². The van der Waals surface area contributed by atoms with E-state index in [0.717, 1.165) is 16.9 Å². The lowest BCUT2D eigenvalue weighted by molar-refractivity contribution is 0.0116. The van der Waals surface area contributed by atoms with Crippen LogP contribution in [0.15, 0.2) is 12.1 Å². The van der Waals surface area contributed by atoms with Crippen LogP contribution in [0.4, 0.5) is 0 Å². The number of aliphatic hydroxyl groups is 1. The Hall–Kier alpha value is -1.06. The first kappa shape index (κ1) is 14.4. The summed E-state index contributed by atoms with van der Waals surface area (Å²) in [6, 6.07) is 4.77. The maximum Gasteiger partial charge on any atom is 0.125 e. The second-order valence-corrected chi connectivity index (χ2v) is 6.09. The van der Waals surface area contributed by atoms with E-state index in [2.05, 4.69) is 31.3 Å². The molecule has 2 rings (SSSR count). The van der Waals surface area contributed by atoms with Gasteiger partial charge < -0.3 is 15.2 Å². The fourth-order valence-electron chi connectivity index (χ4n) is 2.08. The molecule has 1 atom stereocenters. The fourth-order valence-corrected chi connectivity index (χ4v) is 2.08. The van der Waals surface area contributed by atoms with Gasteiger partial charge in [-0.05, 0) is 57.2 Å². The lowest BCUT2D eigenvalue weighted by Gasteiger charge is -2.25. The summed E-state index contributed by atoms with van der Waals surface area (Å²) in [6.45, 7) is 8.91. The quantitative estimate of drug-likeness (QED) is 0.828. The van der Waals surface area contributed by atoms with Crippen LogP contribution in [0.3, 0.4) is 0 Å². The number of nitrogens with one attached hydrogen (secondary N) is 1. The summed E-state index contributed by atoms with van der Waals surface area (Å²) in [5.74, 6) is 0.909. The van der Waals surface area contributed by atoms with E-state index in [1.54, 1.807) is 0 Å². The molecule has 0 heterocycles. The zero-order valence-corrected chi connectivity index (χ0v) is 12.4. The van der Waals surface area contributed by atoms with Crippen LogP contribution < -0.4 is 10.1 Å². The second-order valence-electron chi connectivity index (χ2n) is 6.09. The molecule has 0 saturated heterocycles. The highest BCUT2D eigenvalue weighted by atomic mass is 16.5. The Labute approximate surface area is 116 Å². The lowest BCUT2D eigenvalue weighted by atomic mass is 10.0. The summed E-state index contributed by atoms with van der Waals surface area (Å²) in [4.78, 5) is 0. The van der Waals surface area contributed by atoms with Crippen LogP contribution in [-0.2, 0) is 0 Å². The van der Waals surface area contributed by atoms with E-state index >= 15 is 0 Å². The Kier molecular flexibility index (Phi) is 4.16. The minimum atomic E-state index is -0.828. The molecule has 0 aromatic heterocycles. The van der Waals surface area contributed by atoms with E-state index in [9.17, 15) is 5.11 Å². The van der Waals surface area contributed by atoms with Gasteiger partial charge in [-0.1, -0.05) is 12.1 Å². The number of hydrogen-bond donors (Lipinski definition) is 2. The Bertz CT molecular complexity index is 450. The van der Waals surface area contributed by atoms with E-state index in [0.29, 0.717) is 19.2 Å². The number of aryl methyl sites for hydroxylation is 2. The topological polar surface area (TPSA) is 41.5 Å². The SMILES string of the molecule is Cc1ccc(C)c(OCC(C)(O)CNC2CC2)c1C. The highest BCUT2D eigenvalue weighted by Gasteiger charge is 2.27. The van der Waals surface area contributed by atoms with Gasteiger partial charge in [0.2, 0.25) is 0 Å². The normalized spacial score (nSPS) is 18.2. The predicted octanol–water partition coefficient (Wildman–Crippen LogP) is 2.49. The number of ether oxygens (including phenoxy) is 1. The fraction of sp³-hybridized carbons (Fsp3) is 0.625. The standard InChI is InChI=1S/C16H25NO2/c1-11-5-6-12(2)15(13(11)3)19-10-16(4,18)9-17-14-7-8-14/h5-6,14,17-18H,7-10H2,1-4H3. The molecule has 0 spiro atoms. The monoisotopic (exact) mass is 263 g/mol. The molecular weight excluding hydrogens is 238 g/mol. The third kappa shape index (κ3) is 3.95. The van der Waals surface area contributed by atoms with Gasteiger partial charge in [0.05, 0.1) is 0 Å². The minimum absolute atomic E-state index is 0.317. The van der Waals surface area contributed by atoms with Crippen molar-refractivity contribution in [2.45, 2.75) is 52.2 Å². The van der Waals surface area contributed by atoms with E-state index in [4.69, 9.17) is 4.74 Å². The van der Waals surface area contributed by atoms with Gasteiger partial charge in [0, 0.05) is 12.6 Å². The van der Waals surface area contributed by atoms with Gasteiger partial charge in [0.25, 0.3) is 0 Å². The van der Waals surface area contributed by atoms with Gasteiger partial charge in [-0.2, -0.15) is 0 Å². The molecule has 1 aliphatic rings. The zero-order chi connectivity index (χ0) is 14.0. The highest BCUT2D eigenvalue weighted by molar-refractivity contribution is 5.44. The number of hydrogen-bond acceptors (Lipinski definition) is 3. The summed E-state index contributed by atoms with van der Waals surface area (Å²) in [6.07, 6.45) is 2.46. The van der Waals surface area contributed by atoms with E-state index < -0.39 is 5.60 Å². The van der Waals surface area contributed by atoms with Gasteiger partial charge in [0.1, 0.15) is 18.0 Å². The maximum absolute atomic E-state index is 10.3. The largest absolute Gasteiger partial charge is 0.490 e. The van der Waals surface area contributed by atoms with Crippen LogP contribution in [0.1, 0.15) is 36.5 Å². The van der Waals surface area contributed by atoms with Crippen molar-refractivity contribution in [3.63, 3.8) is 0 Å². The molecule has 0 bridgehead atoms. The van der Waals surface area contributed by atoms with Crippen molar-refractivity contribution in [3.8, 4) is 5.75 Å². The van der Waals surface area contributed by atoms with E-state index in [1.807, 2.05) is 13.8 Å². The van der Waals surface area contributed by atoms with Crippen molar-refractivity contribution < 1.29 is 9.84 Å². The Morgan fingerprint density at radius 3 is 2.53 bits per heavy atom. The predicted molar refractivity (Wildman–Crippen MR) is 77.8 cm³/mol. The molecule has 0 radical (unpaired) electrons. The van der Waals surface area contributed by atoms with Crippen LogP contribution in [0, 0.1) is 20.8 Å². The van der Waals surface area contributed by atoms with Crippen LogP contribution in [0.2, 0.25) is 0 Å². The number of benzene rings is 1. The summed E-state index contributed by atoms with van der Waals surface area (Å²) in [7, 11) is 0. The van der Waals surface area contributed by atoms with Crippen LogP contribution >= 0.6 is 0 Å². The van der Waals surface area contributed by atoms with Gasteiger partial charge in [-0.25, -0.2) is 0 Å². The molecule has 106 valence electrons. The van der Waals surface area contributed by atoms with Crippen LogP contribution in [0.25, 0.3) is 0 Å². The molecule has 1 fully saturated rings. The molecule has 1 saturated carbocycles. The molecular formula is C16H25NO2. The van der Waals surface area contributed by atoms with Gasteiger partial charge in [-0.15, -0.1) is 0 Å². The molecule has 1 aromatic carbocycles. The molecule has 1 aromatic rings. The smallest absolute Gasteiger partial charge is 0.125 e. The summed E-state index contributed by atoms with van der Waals surface area (Å²) in [5.41, 5.74) is 2.67. The minimum Gasteiger partial charge on any atom is -0.490 e. The lowest BCUT2D eigenvalue weighted by Crippen LogP contribution is -2.43. The first-order valence-corrected chi connectivity index (χ1v) is 7.04. The molecule has 1 aliphatic carbocycles. The van der Waals surface area contributed by atoms with Crippen molar-refractivity contribution in [1.82, 2.24) is 5.32 Å². The second kappa shape index (κ2) is 5.51. The molecule has 19 heavy (non-hydrogen) atoms. The van der Waals surface area contributed by atoms with Crippen molar-refractivity contribution >= 4 is 0 Å². The van der Waals surface area contributed by atoms with Crippen molar-refractivity contribution in [2.24, 2.45) is 0 Å². The van der Waals surface area contributed by atoms with Crippen molar-refractivity contribution in [1.29, 1.82) is 0 Å². The van der Waals surface area contributed by atoms with Gasteiger partial charge in [-0.3, -0.25) is 0 Å². The molecule has 3 nitrogen and oxygen atoms in total. The number of rotatable bonds is 6. The van der Waals surface area contributed by atoms with Crippen molar-refractivity contribution in [3.05, 3.63) is 28.8 Å². The van der Waals surface area contributed by atoms with E-state index in [1.165, 1.54) is 18.4 Å². The molecule has 0 amide bonds. The Morgan fingerprint density at radius 2 is 1.89 bits per heavy atom. The van der Waals surface area contributed by atoms with E-state index in [-0.39, 0.29) is 0 Å². The average Bonchev–Trinajstić information content (AvgIpc) is 3.16. The molecule has 0 aliphatic heterocycles. The molecule has 2 N–H and O–H groups in total. The highest BCUT2D eigenvalue weighted by Crippen LogP contribution is 2.26. The first-order chi connectivity index (χ1) is 8.89. The average molecular weight is 263 g/mol. The summed E-state index contributed by atoms with van der Waals surface area (Å²) >= 11 is 0. The summed E-state index contributed by atoms with van der Waals surface area (Å²) < 4.78 is 5.88. The molecule has 1 unspecified atom stereocenters. The zero-order valence-electron chi connectivity index (χ0n) is 12.4. The Morgan fingerprint density at radius 1 is 1.26 bits per heavy atom. The van der Waals surface area contributed by atoms with Crippen LogP contribution in [0.5, 0.6) is 5.75 Å². The van der Waals surface area contributed by atoms with Crippen molar-refractivity contribution in [2.75, 3.05) is 13.2 Å². The summed E-state index contributed by atoms with van der Waals surface area (Å²) in [5, 5.41) is 13.7. The van der Waals surface area contributed by atoms with Gasteiger partial charge >= 0.3 is 0 Å². The molecule has 3 heteroatoms. The van der Waals surface area contributed by atoms with Gasteiger partial charge in [0.15, 0.2) is 0 Å².